The van der Waals surface area contributed by atoms with Gasteiger partial charge in [-0.3, -0.25) is 0 Å². The lowest BCUT2D eigenvalue weighted by atomic mass is 10.6. The number of rotatable bonds is 3. The van der Waals surface area contributed by atoms with E-state index in [1.165, 1.54) is 0 Å². The Hall–Kier alpha value is 0.140. The molecule has 0 bridgehead atoms. The third-order valence-corrected chi connectivity index (χ3v) is 1.06. The van der Waals surface area contributed by atoms with Gasteiger partial charge in [-0.05, 0) is 0 Å². The van der Waals surface area contributed by atoms with E-state index in [2.05, 4.69) is 22.5 Å². The van der Waals surface area contributed by atoms with Crippen LogP contribution in [0.15, 0.2) is 11.1 Å². The van der Waals surface area contributed by atoms with Gasteiger partial charge in [-0.25, -0.2) is 0 Å². The third kappa shape index (κ3) is 2.45. The van der Waals surface area contributed by atoms with E-state index in [1.807, 2.05) is 0 Å². The maximum absolute atomic E-state index is 4.79. The van der Waals surface area contributed by atoms with Gasteiger partial charge in [0.15, 0.2) is 6.29 Å². The van der Waals surface area contributed by atoms with E-state index in [0.29, 0.717) is 4.48 Å². The molecular formula is C5H9BrO2. The fraction of sp³-hybridized carbons (Fsp3) is 0.600. The largest absolute Gasteiger partial charge is 0.351 e. The first-order valence-corrected chi connectivity index (χ1v) is 2.91. The molecule has 3 heteroatoms. The molecule has 0 aliphatic heterocycles. The summed E-state index contributed by atoms with van der Waals surface area (Å²) in [5.41, 5.74) is 0. The minimum Gasteiger partial charge on any atom is -0.351 e. The van der Waals surface area contributed by atoms with E-state index in [0.717, 1.165) is 0 Å². The summed E-state index contributed by atoms with van der Waals surface area (Å²) in [4.78, 5) is 0. The quantitative estimate of drug-likeness (QED) is 0.614. The predicted octanol–water partition coefficient (Wildman–Crippen LogP) is 1.51. The van der Waals surface area contributed by atoms with Crippen molar-refractivity contribution in [3.8, 4) is 0 Å². The molecule has 0 spiro atoms. The van der Waals surface area contributed by atoms with E-state index in [1.54, 1.807) is 14.2 Å². The van der Waals surface area contributed by atoms with Crippen molar-refractivity contribution in [2.45, 2.75) is 6.29 Å². The van der Waals surface area contributed by atoms with Crippen molar-refractivity contribution < 1.29 is 9.47 Å². The standard InChI is InChI=1S/C5H9BrO2/c1-4(6)5(7-2)8-3/h5H,1H2,2-3H3. The fourth-order valence-electron chi connectivity index (χ4n) is 0.352. The van der Waals surface area contributed by atoms with Crippen molar-refractivity contribution in [3.05, 3.63) is 11.1 Å². The number of halogens is 1. The second-order valence-electron chi connectivity index (χ2n) is 1.25. The molecule has 0 unspecified atom stereocenters. The summed E-state index contributed by atoms with van der Waals surface area (Å²) in [7, 11) is 3.11. The zero-order chi connectivity index (χ0) is 6.57. The topological polar surface area (TPSA) is 18.5 Å². The molecular weight excluding hydrogens is 172 g/mol. The molecule has 8 heavy (non-hydrogen) atoms. The lowest BCUT2D eigenvalue weighted by Gasteiger charge is -2.09. The summed E-state index contributed by atoms with van der Waals surface area (Å²) in [6.07, 6.45) is -0.324. The molecule has 0 aliphatic carbocycles. The smallest absolute Gasteiger partial charge is 0.189 e. The molecule has 0 radical (unpaired) electrons. The molecule has 2 nitrogen and oxygen atoms in total. The van der Waals surface area contributed by atoms with Crippen molar-refractivity contribution in [2.24, 2.45) is 0 Å². The highest BCUT2D eigenvalue weighted by molar-refractivity contribution is 9.11. The molecule has 0 amide bonds. The Morgan fingerprint density at radius 2 is 1.88 bits per heavy atom. The van der Waals surface area contributed by atoms with Crippen molar-refractivity contribution in [1.29, 1.82) is 0 Å². The molecule has 0 aromatic carbocycles. The lowest BCUT2D eigenvalue weighted by Crippen LogP contribution is -2.11. The van der Waals surface area contributed by atoms with Gasteiger partial charge in [0, 0.05) is 18.7 Å². The Balaban J connectivity index is 3.52. The number of ether oxygens (including phenoxy) is 2. The fourth-order valence-corrected chi connectivity index (χ4v) is 0.726. The molecule has 0 rings (SSSR count). The first-order chi connectivity index (χ1) is 3.72. The molecule has 0 aromatic heterocycles. The van der Waals surface area contributed by atoms with Gasteiger partial charge in [-0.1, -0.05) is 22.5 Å². The van der Waals surface area contributed by atoms with Crippen LogP contribution in [-0.4, -0.2) is 20.5 Å². The summed E-state index contributed by atoms with van der Waals surface area (Å²) in [6.45, 7) is 3.56. The van der Waals surface area contributed by atoms with Gasteiger partial charge in [0.2, 0.25) is 0 Å². The van der Waals surface area contributed by atoms with E-state index in [4.69, 9.17) is 9.47 Å². The summed E-state index contributed by atoms with van der Waals surface area (Å²) in [5.74, 6) is 0. The third-order valence-electron chi connectivity index (χ3n) is 0.684. The van der Waals surface area contributed by atoms with Gasteiger partial charge in [-0.15, -0.1) is 0 Å². The van der Waals surface area contributed by atoms with Crippen LogP contribution in [0, 0.1) is 0 Å². The van der Waals surface area contributed by atoms with Crippen LogP contribution in [0.2, 0.25) is 0 Å². The molecule has 48 valence electrons. The SMILES string of the molecule is C=C(Br)C(OC)OC. The maximum Gasteiger partial charge on any atom is 0.189 e. The minimum atomic E-state index is -0.324. The van der Waals surface area contributed by atoms with Crippen LogP contribution >= 0.6 is 15.9 Å². The van der Waals surface area contributed by atoms with Crippen molar-refractivity contribution in [3.63, 3.8) is 0 Å². The van der Waals surface area contributed by atoms with Crippen LogP contribution in [-0.2, 0) is 9.47 Å². The Morgan fingerprint density at radius 1 is 1.50 bits per heavy atom. The molecule has 0 atom stereocenters. The second-order valence-corrected chi connectivity index (χ2v) is 2.27. The molecule has 0 aromatic rings. The van der Waals surface area contributed by atoms with Gasteiger partial charge in [0.25, 0.3) is 0 Å². The first kappa shape index (κ1) is 8.14. The zero-order valence-corrected chi connectivity index (χ0v) is 6.56. The molecule has 0 saturated heterocycles. The predicted molar refractivity (Wildman–Crippen MR) is 35.9 cm³/mol. The summed E-state index contributed by atoms with van der Waals surface area (Å²) < 4.78 is 10.3. The van der Waals surface area contributed by atoms with Gasteiger partial charge in [0.1, 0.15) is 0 Å². The molecule has 0 fully saturated rings. The number of hydrogen-bond acceptors (Lipinski definition) is 2. The Morgan fingerprint density at radius 3 is 1.88 bits per heavy atom. The number of hydrogen-bond donors (Lipinski definition) is 0. The van der Waals surface area contributed by atoms with Crippen molar-refractivity contribution in [2.75, 3.05) is 14.2 Å². The van der Waals surface area contributed by atoms with Crippen molar-refractivity contribution in [1.82, 2.24) is 0 Å². The van der Waals surface area contributed by atoms with Gasteiger partial charge in [-0.2, -0.15) is 0 Å². The highest BCUT2D eigenvalue weighted by Gasteiger charge is 2.04. The van der Waals surface area contributed by atoms with E-state index in [9.17, 15) is 0 Å². The van der Waals surface area contributed by atoms with Crippen LogP contribution < -0.4 is 0 Å². The van der Waals surface area contributed by atoms with Gasteiger partial charge >= 0.3 is 0 Å². The minimum absolute atomic E-state index is 0.324. The zero-order valence-electron chi connectivity index (χ0n) is 4.98. The lowest BCUT2D eigenvalue weighted by molar-refractivity contribution is -0.0684. The molecule has 0 heterocycles. The maximum atomic E-state index is 4.79. The monoisotopic (exact) mass is 180 g/mol. The van der Waals surface area contributed by atoms with Crippen LogP contribution in [0.1, 0.15) is 0 Å². The Bertz CT molecular complexity index is 78.5. The Labute approximate surface area is 57.6 Å². The average molecular weight is 181 g/mol. The molecule has 0 saturated carbocycles. The van der Waals surface area contributed by atoms with Gasteiger partial charge in [0.05, 0.1) is 0 Å². The van der Waals surface area contributed by atoms with Crippen LogP contribution in [0.5, 0.6) is 0 Å². The molecule has 0 aliphatic rings. The highest BCUT2D eigenvalue weighted by Crippen LogP contribution is 2.10. The average Bonchev–Trinajstić information content (AvgIpc) is 1.69. The van der Waals surface area contributed by atoms with Crippen molar-refractivity contribution >= 4 is 15.9 Å². The van der Waals surface area contributed by atoms with Crippen LogP contribution in [0.25, 0.3) is 0 Å². The normalized spacial score (nSPS) is 10.0. The van der Waals surface area contributed by atoms with E-state index < -0.39 is 0 Å². The first-order valence-electron chi connectivity index (χ1n) is 2.12. The Kier molecular flexibility index (Phi) is 4.13. The van der Waals surface area contributed by atoms with E-state index in [-0.39, 0.29) is 6.29 Å². The second kappa shape index (κ2) is 4.06. The number of methoxy groups -OCH3 is 2. The summed E-state index contributed by atoms with van der Waals surface area (Å²) in [6, 6.07) is 0. The van der Waals surface area contributed by atoms with E-state index >= 15 is 0 Å². The highest BCUT2D eigenvalue weighted by atomic mass is 79.9. The summed E-state index contributed by atoms with van der Waals surface area (Å²) >= 11 is 3.12. The molecule has 0 N–H and O–H groups in total. The van der Waals surface area contributed by atoms with Gasteiger partial charge < -0.3 is 9.47 Å². The van der Waals surface area contributed by atoms with Crippen LogP contribution in [0.4, 0.5) is 0 Å². The van der Waals surface area contributed by atoms with Crippen LogP contribution in [0.3, 0.4) is 0 Å². The summed E-state index contributed by atoms with van der Waals surface area (Å²) in [5, 5.41) is 0.